The summed E-state index contributed by atoms with van der Waals surface area (Å²) in [4.78, 5) is 10.6. The Labute approximate surface area is 202 Å². The molecule has 0 saturated carbocycles. The third-order valence-corrected chi connectivity index (χ3v) is 5.63. The third kappa shape index (κ3) is 7.08. The number of benzene rings is 2. The zero-order valence-corrected chi connectivity index (χ0v) is 20.0. The standard InChI is InChI=1S/C26H30F3N3O3/c1-4-5-23(20-8-6-19(7-9-20)14-30-11-10-24(33)34)35-22-12-17(2)25(18(3)13-22)32-16-21(15-31-32)26(27,28)29/h6-9,12-13,15-16,23,30H,4-5,10-11,14H2,1-3H3,(H,33,34). The van der Waals surface area contributed by atoms with Crippen LogP contribution in [0.4, 0.5) is 13.2 Å². The molecule has 1 aromatic heterocycles. The first kappa shape index (κ1) is 26.3. The Balaban J connectivity index is 1.74. The first-order chi connectivity index (χ1) is 16.6. The second kappa shape index (κ2) is 11.4. The van der Waals surface area contributed by atoms with Crippen LogP contribution in [0, 0.1) is 13.8 Å². The number of hydrogen-bond donors (Lipinski definition) is 2. The first-order valence-corrected chi connectivity index (χ1v) is 11.5. The van der Waals surface area contributed by atoms with Gasteiger partial charge in [0.1, 0.15) is 11.9 Å². The summed E-state index contributed by atoms with van der Waals surface area (Å²) in [6.45, 7) is 6.71. The van der Waals surface area contributed by atoms with Crippen molar-refractivity contribution in [1.29, 1.82) is 0 Å². The van der Waals surface area contributed by atoms with Crippen molar-refractivity contribution < 1.29 is 27.8 Å². The summed E-state index contributed by atoms with van der Waals surface area (Å²) >= 11 is 0. The largest absolute Gasteiger partial charge is 0.486 e. The fourth-order valence-corrected chi connectivity index (χ4v) is 3.94. The molecule has 0 saturated heterocycles. The highest BCUT2D eigenvalue weighted by molar-refractivity contribution is 5.66. The Kier molecular flexibility index (Phi) is 8.56. The summed E-state index contributed by atoms with van der Waals surface area (Å²) in [7, 11) is 0. The second-order valence-electron chi connectivity index (χ2n) is 8.53. The highest BCUT2D eigenvalue weighted by Gasteiger charge is 2.32. The van der Waals surface area contributed by atoms with Gasteiger partial charge in [-0.15, -0.1) is 0 Å². The number of ether oxygens (including phenoxy) is 1. The van der Waals surface area contributed by atoms with E-state index in [2.05, 4.69) is 17.3 Å². The van der Waals surface area contributed by atoms with E-state index in [1.54, 1.807) is 0 Å². The van der Waals surface area contributed by atoms with Crippen LogP contribution in [0.5, 0.6) is 5.75 Å². The normalized spacial score (nSPS) is 12.5. The van der Waals surface area contributed by atoms with E-state index in [0.29, 0.717) is 24.5 Å². The molecule has 2 aromatic carbocycles. The summed E-state index contributed by atoms with van der Waals surface area (Å²) in [5, 5.41) is 15.7. The summed E-state index contributed by atoms with van der Waals surface area (Å²) < 4.78 is 46.6. The highest BCUT2D eigenvalue weighted by atomic mass is 19.4. The molecule has 188 valence electrons. The zero-order valence-electron chi connectivity index (χ0n) is 20.0. The van der Waals surface area contributed by atoms with Gasteiger partial charge in [0, 0.05) is 19.3 Å². The van der Waals surface area contributed by atoms with Gasteiger partial charge in [0.05, 0.1) is 23.9 Å². The molecule has 0 radical (unpaired) electrons. The summed E-state index contributed by atoms with van der Waals surface area (Å²) in [5.74, 6) is -0.189. The van der Waals surface area contributed by atoms with Crippen molar-refractivity contribution in [3.63, 3.8) is 0 Å². The Bertz CT molecular complexity index is 1120. The molecule has 0 aliphatic carbocycles. The quantitative estimate of drug-likeness (QED) is 0.324. The van der Waals surface area contributed by atoms with E-state index in [1.807, 2.05) is 50.2 Å². The Morgan fingerprint density at radius 1 is 1.17 bits per heavy atom. The zero-order chi connectivity index (χ0) is 25.6. The second-order valence-corrected chi connectivity index (χ2v) is 8.53. The number of halogens is 3. The fraction of sp³-hybridized carbons (Fsp3) is 0.385. The monoisotopic (exact) mass is 489 g/mol. The van der Waals surface area contributed by atoms with Crippen molar-refractivity contribution in [2.24, 2.45) is 0 Å². The lowest BCUT2D eigenvalue weighted by atomic mass is 10.0. The third-order valence-electron chi connectivity index (χ3n) is 5.63. The number of hydrogen-bond acceptors (Lipinski definition) is 4. The molecule has 2 N–H and O–H groups in total. The molecule has 1 unspecified atom stereocenters. The molecule has 1 heterocycles. The van der Waals surface area contributed by atoms with Crippen LogP contribution in [-0.2, 0) is 17.5 Å². The van der Waals surface area contributed by atoms with Gasteiger partial charge in [-0.3, -0.25) is 4.79 Å². The molecule has 9 heteroatoms. The van der Waals surface area contributed by atoms with Gasteiger partial charge < -0.3 is 15.2 Å². The topological polar surface area (TPSA) is 76.4 Å². The van der Waals surface area contributed by atoms with E-state index in [-0.39, 0.29) is 12.5 Å². The number of carboxylic acid groups (broad SMARTS) is 1. The summed E-state index contributed by atoms with van der Waals surface area (Å²) in [6, 6.07) is 11.6. The Morgan fingerprint density at radius 2 is 1.83 bits per heavy atom. The van der Waals surface area contributed by atoms with Crippen LogP contribution in [0.2, 0.25) is 0 Å². The van der Waals surface area contributed by atoms with Crippen LogP contribution < -0.4 is 10.1 Å². The minimum Gasteiger partial charge on any atom is -0.486 e. The maximum atomic E-state index is 13.0. The minimum atomic E-state index is -4.44. The van der Waals surface area contributed by atoms with Crippen molar-refractivity contribution in [3.8, 4) is 11.4 Å². The lowest BCUT2D eigenvalue weighted by Crippen LogP contribution is -2.17. The van der Waals surface area contributed by atoms with Crippen LogP contribution in [0.1, 0.15) is 60.1 Å². The highest BCUT2D eigenvalue weighted by Crippen LogP contribution is 2.33. The molecule has 3 rings (SSSR count). The molecular weight excluding hydrogens is 459 g/mol. The number of carboxylic acids is 1. The van der Waals surface area contributed by atoms with E-state index in [1.165, 1.54) is 4.68 Å². The summed E-state index contributed by atoms with van der Waals surface area (Å²) in [6.07, 6.45) is -1.02. The van der Waals surface area contributed by atoms with Gasteiger partial charge in [0.2, 0.25) is 0 Å². The lowest BCUT2D eigenvalue weighted by molar-refractivity contribution is -0.138. The average molecular weight is 490 g/mol. The van der Waals surface area contributed by atoms with Crippen molar-refractivity contribution >= 4 is 5.97 Å². The number of rotatable bonds is 11. The average Bonchev–Trinajstić information content (AvgIpc) is 3.27. The van der Waals surface area contributed by atoms with Gasteiger partial charge >= 0.3 is 12.1 Å². The number of nitrogens with zero attached hydrogens (tertiary/aromatic N) is 2. The maximum Gasteiger partial charge on any atom is 0.419 e. The van der Waals surface area contributed by atoms with E-state index in [9.17, 15) is 18.0 Å². The summed E-state index contributed by atoms with van der Waals surface area (Å²) in [5.41, 5.74) is 3.38. The predicted octanol–water partition coefficient (Wildman–Crippen LogP) is 5.99. The van der Waals surface area contributed by atoms with Gasteiger partial charge in [0.25, 0.3) is 0 Å². The number of aliphatic carboxylic acids is 1. The lowest BCUT2D eigenvalue weighted by Gasteiger charge is -2.21. The van der Waals surface area contributed by atoms with Crippen LogP contribution >= 0.6 is 0 Å². The van der Waals surface area contributed by atoms with Crippen LogP contribution in [0.25, 0.3) is 5.69 Å². The van der Waals surface area contributed by atoms with Gasteiger partial charge in [-0.1, -0.05) is 37.6 Å². The molecular formula is C26H30F3N3O3. The van der Waals surface area contributed by atoms with Gasteiger partial charge in [-0.05, 0) is 54.7 Å². The molecule has 3 aromatic rings. The van der Waals surface area contributed by atoms with E-state index in [0.717, 1.165) is 47.5 Å². The molecule has 0 spiro atoms. The molecule has 0 fully saturated rings. The molecule has 0 bridgehead atoms. The molecule has 0 aliphatic rings. The van der Waals surface area contributed by atoms with Gasteiger partial charge in [0.15, 0.2) is 0 Å². The molecule has 35 heavy (non-hydrogen) atoms. The van der Waals surface area contributed by atoms with E-state index >= 15 is 0 Å². The number of alkyl halides is 3. The predicted molar refractivity (Wildman–Crippen MR) is 127 cm³/mol. The van der Waals surface area contributed by atoms with Crippen LogP contribution in [-0.4, -0.2) is 27.4 Å². The van der Waals surface area contributed by atoms with E-state index < -0.39 is 17.7 Å². The molecule has 0 aliphatic heterocycles. The number of aromatic nitrogens is 2. The first-order valence-electron chi connectivity index (χ1n) is 11.5. The van der Waals surface area contributed by atoms with Crippen LogP contribution in [0.3, 0.4) is 0 Å². The molecule has 0 amide bonds. The number of aryl methyl sites for hydroxylation is 2. The smallest absolute Gasteiger partial charge is 0.419 e. The fourth-order valence-electron chi connectivity index (χ4n) is 3.94. The number of nitrogens with one attached hydrogen (secondary N) is 1. The minimum absolute atomic E-state index is 0.0754. The SMILES string of the molecule is CCCC(Oc1cc(C)c(-n2cc(C(F)(F)F)cn2)c(C)c1)c1ccc(CNCCC(=O)O)cc1. The van der Waals surface area contributed by atoms with E-state index in [4.69, 9.17) is 9.84 Å². The van der Waals surface area contributed by atoms with Gasteiger partial charge in [-0.2, -0.15) is 18.3 Å². The Morgan fingerprint density at radius 3 is 2.37 bits per heavy atom. The molecule has 1 atom stereocenters. The van der Waals surface area contributed by atoms with Crippen LogP contribution in [0.15, 0.2) is 48.8 Å². The van der Waals surface area contributed by atoms with Crippen molar-refractivity contribution in [2.75, 3.05) is 6.54 Å². The van der Waals surface area contributed by atoms with Gasteiger partial charge in [-0.25, -0.2) is 4.68 Å². The Hall–Kier alpha value is -3.33. The maximum absolute atomic E-state index is 13.0. The number of carbonyl (C=O) groups is 1. The van der Waals surface area contributed by atoms with Crippen molar-refractivity contribution in [3.05, 3.63) is 76.6 Å². The molecule has 6 nitrogen and oxygen atoms in total. The van der Waals surface area contributed by atoms with Crippen molar-refractivity contribution in [1.82, 2.24) is 15.1 Å². The van der Waals surface area contributed by atoms with Crippen molar-refractivity contribution in [2.45, 2.75) is 58.9 Å².